The van der Waals surface area contributed by atoms with Gasteiger partial charge in [0.1, 0.15) is 17.1 Å². The average molecular weight is 469 g/mol. The zero-order chi connectivity index (χ0) is 22.0. The van der Waals surface area contributed by atoms with Gasteiger partial charge in [0.2, 0.25) is 11.3 Å². The lowest BCUT2D eigenvalue weighted by atomic mass is 10.0. The molecule has 3 aromatic rings. The number of carbonyl (C=O) groups is 1. The second-order valence-electron chi connectivity index (χ2n) is 6.18. The number of hydrogen-bond acceptors (Lipinski definition) is 4. The molecular formula is C21H16Cl3NO5. The Morgan fingerprint density at radius 1 is 1.03 bits per heavy atom. The normalized spacial score (nSPS) is 10.7. The van der Waals surface area contributed by atoms with E-state index in [4.69, 9.17) is 44.3 Å². The van der Waals surface area contributed by atoms with Crippen LogP contribution in [0.4, 0.5) is 0 Å². The van der Waals surface area contributed by atoms with Crippen LogP contribution in [-0.2, 0) is 6.54 Å². The van der Waals surface area contributed by atoms with E-state index in [-0.39, 0.29) is 16.6 Å². The van der Waals surface area contributed by atoms with E-state index in [1.54, 1.807) is 35.8 Å². The van der Waals surface area contributed by atoms with Crippen molar-refractivity contribution in [1.29, 1.82) is 0 Å². The fourth-order valence-electron chi connectivity index (χ4n) is 3.01. The Labute approximate surface area is 187 Å². The molecule has 2 aromatic carbocycles. The summed E-state index contributed by atoms with van der Waals surface area (Å²) in [5.74, 6) is -0.434. The molecule has 0 spiro atoms. The van der Waals surface area contributed by atoms with Gasteiger partial charge in [-0.05, 0) is 31.2 Å². The van der Waals surface area contributed by atoms with Gasteiger partial charge in [-0.3, -0.25) is 4.79 Å². The van der Waals surface area contributed by atoms with E-state index in [1.165, 1.54) is 19.2 Å². The fourth-order valence-corrected chi connectivity index (χ4v) is 3.52. The number of hydrogen-bond donors (Lipinski definition) is 1. The maximum absolute atomic E-state index is 12.7. The van der Waals surface area contributed by atoms with E-state index in [1.807, 2.05) is 0 Å². The molecule has 0 saturated heterocycles. The topological polar surface area (TPSA) is 77.8 Å². The summed E-state index contributed by atoms with van der Waals surface area (Å²) in [5.41, 5.74) is -0.543. The van der Waals surface area contributed by atoms with E-state index in [2.05, 4.69) is 0 Å². The van der Waals surface area contributed by atoms with Crippen molar-refractivity contribution in [2.75, 3.05) is 7.11 Å². The second kappa shape index (κ2) is 9.00. The average Bonchev–Trinajstić information content (AvgIpc) is 2.68. The van der Waals surface area contributed by atoms with Crippen LogP contribution in [0.5, 0.6) is 17.4 Å². The van der Waals surface area contributed by atoms with Gasteiger partial charge in [-0.25, -0.2) is 4.79 Å². The molecule has 30 heavy (non-hydrogen) atoms. The van der Waals surface area contributed by atoms with Crippen molar-refractivity contribution in [3.63, 3.8) is 0 Å². The van der Waals surface area contributed by atoms with Crippen molar-refractivity contribution in [1.82, 2.24) is 4.57 Å². The van der Waals surface area contributed by atoms with Crippen LogP contribution < -0.4 is 14.9 Å². The molecule has 0 unspecified atom stereocenters. The van der Waals surface area contributed by atoms with Crippen molar-refractivity contribution in [2.24, 2.45) is 0 Å². The minimum Gasteiger partial charge on any atom is -0.497 e. The third-order valence-corrected chi connectivity index (χ3v) is 5.26. The Hall–Kier alpha value is -2.67. The number of aromatic carboxylic acids is 1. The van der Waals surface area contributed by atoms with Gasteiger partial charge < -0.3 is 19.1 Å². The van der Waals surface area contributed by atoms with Crippen molar-refractivity contribution in [2.45, 2.75) is 13.5 Å². The smallest absolute Gasteiger partial charge is 0.341 e. The highest BCUT2D eigenvalue weighted by Crippen LogP contribution is 2.34. The van der Waals surface area contributed by atoms with Gasteiger partial charge in [-0.2, -0.15) is 0 Å². The second-order valence-corrected chi connectivity index (χ2v) is 7.43. The van der Waals surface area contributed by atoms with Crippen LogP contribution in [0.2, 0.25) is 15.1 Å². The summed E-state index contributed by atoms with van der Waals surface area (Å²) in [6.07, 6.45) is 0. The lowest BCUT2D eigenvalue weighted by Gasteiger charge is -2.20. The van der Waals surface area contributed by atoms with Gasteiger partial charge in [0, 0.05) is 29.3 Å². The Bertz CT molecular complexity index is 1190. The number of nitrogens with zero attached hydrogens (tertiary/aromatic N) is 1. The van der Waals surface area contributed by atoms with E-state index < -0.39 is 17.0 Å². The molecule has 1 N–H and O–H groups in total. The number of carboxylic acids is 1. The lowest BCUT2D eigenvalue weighted by molar-refractivity contribution is 0.0695. The molecule has 156 valence electrons. The van der Waals surface area contributed by atoms with Crippen LogP contribution in [0, 0.1) is 0 Å². The number of methoxy groups -OCH3 is 1. The largest absolute Gasteiger partial charge is 0.497 e. The van der Waals surface area contributed by atoms with Gasteiger partial charge in [0.25, 0.3) is 0 Å². The number of halogens is 3. The Morgan fingerprint density at radius 2 is 1.73 bits per heavy atom. The number of benzene rings is 2. The maximum Gasteiger partial charge on any atom is 0.341 e. The van der Waals surface area contributed by atoms with E-state index in [0.29, 0.717) is 33.7 Å². The van der Waals surface area contributed by atoms with Crippen molar-refractivity contribution >= 4 is 40.8 Å². The molecule has 0 saturated carbocycles. The monoisotopic (exact) mass is 467 g/mol. The van der Waals surface area contributed by atoms with Crippen LogP contribution in [-0.4, -0.2) is 22.8 Å². The molecule has 1 aromatic heterocycles. The minimum atomic E-state index is -1.36. The molecule has 0 aliphatic carbocycles. The van der Waals surface area contributed by atoms with Crippen LogP contribution in [0.15, 0.2) is 47.3 Å². The van der Waals surface area contributed by atoms with E-state index in [0.717, 1.165) is 6.07 Å². The summed E-state index contributed by atoms with van der Waals surface area (Å²) in [7, 11) is 1.49. The lowest BCUT2D eigenvalue weighted by Crippen LogP contribution is -2.21. The first kappa shape index (κ1) is 22.0. The highest BCUT2D eigenvalue weighted by atomic mass is 35.5. The fraction of sp³-hybridized carbons (Fsp3) is 0.143. The van der Waals surface area contributed by atoms with Crippen molar-refractivity contribution < 1.29 is 19.4 Å². The van der Waals surface area contributed by atoms with Gasteiger partial charge in [-0.15, -0.1) is 0 Å². The molecule has 0 aliphatic heterocycles. The first-order valence-corrected chi connectivity index (χ1v) is 9.87. The summed E-state index contributed by atoms with van der Waals surface area (Å²) in [4.78, 5) is 24.6. The third-order valence-electron chi connectivity index (χ3n) is 4.30. The number of rotatable bonds is 6. The number of pyridine rings is 1. The summed E-state index contributed by atoms with van der Waals surface area (Å²) < 4.78 is 12.7. The molecule has 0 atom stereocenters. The quantitative estimate of drug-likeness (QED) is 0.480. The van der Waals surface area contributed by atoms with Crippen LogP contribution in [0.1, 0.15) is 17.3 Å². The first-order valence-electron chi connectivity index (χ1n) is 8.74. The van der Waals surface area contributed by atoms with Crippen LogP contribution >= 0.6 is 34.8 Å². The summed E-state index contributed by atoms with van der Waals surface area (Å²) in [6.45, 7) is 2.10. The molecule has 0 fully saturated rings. The minimum absolute atomic E-state index is 0.137. The molecule has 0 amide bonds. The third kappa shape index (κ3) is 4.41. The highest BCUT2D eigenvalue weighted by Gasteiger charge is 2.23. The highest BCUT2D eigenvalue weighted by molar-refractivity contribution is 6.42. The molecule has 0 radical (unpaired) electrons. The van der Waals surface area contributed by atoms with Gasteiger partial charge in [0.15, 0.2) is 0 Å². The maximum atomic E-state index is 12.7. The van der Waals surface area contributed by atoms with Crippen molar-refractivity contribution in [3.8, 4) is 28.6 Å². The van der Waals surface area contributed by atoms with E-state index in [9.17, 15) is 14.7 Å². The number of aromatic nitrogens is 1. The first-order chi connectivity index (χ1) is 14.2. The SMILES string of the molecule is CCn1c(Oc2cc(Cl)cc(OC)c2)cc(=O)c(C(=O)O)c1-c1ccc(Cl)c(Cl)c1. The summed E-state index contributed by atoms with van der Waals surface area (Å²) >= 11 is 18.2. The van der Waals surface area contributed by atoms with Crippen LogP contribution in [0.25, 0.3) is 11.3 Å². The van der Waals surface area contributed by atoms with Gasteiger partial charge in [0.05, 0.1) is 22.8 Å². The molecule has 1 heterocycles. The Kier molecular flexibility index (Phi) is 6.61. The summed E-state index contributed by atoms with van der Waals surface area (Å²) in [5, 5.41) is 10.6. The van der Waals surface area contributed by atoms with Gasteiger partial charge >= 0.3 is 5.97 Å². The summed E-state index contributed by atoms with van der Waals surface area (Å²) in [6, 6.07) is 10.5. The molecule has 0 aliphatic rings. The predicted molar refractivity (Wildman–Crippen MR) is 117 cm³/mol. The molecule has 6 nitrogen and oxygen atoms in total. The molecule has 3 rings (SSSR count). The van der Waals surface area contributed by atoms with Crippen molar-refractivity contribution in [3.05, 3.63) is 73.3 Å². The Morgan fingerprint density at radius 3 is 2.33 bits per heavy atom. The number of carboxylic acid groups (broad SMARTS) is 1. The molecular weight excluding hydrogens is 453 g/mol. The Balaban J connectivity index is 2.27. The van der Waals surface area contributed by atoms with Crippen LogP contribution in [0.3, 0.4) is 0 Å². The zero-order valence-electron chi connectivity index (χ0n) is 15.9. The zero-order valence-corrected chi connectivity index (χ0v) is 18.2. The van der Waals surface area contributed by atoms with E-state index >= 15 is 0 Å². The molecule has 0 bridgehead atoms. The standard InChI is InChI=1S/C21H16Cl3NO5/c1-3-25-18(30-14-8-12(22)7-13(9-14)29-2)10-17(26)19(21(27)28)20(25)11-4-5-15(23)16(24)6-11/h4-10H,3H2,1-2H3,(H,27,28). The predicted octanol–water partition coefficient (Wildman–Crippen LogP) is 5.99. The van der Waals surface area contributed by atoms with Gasteiger partial charge in [-0.1, -0.05) is 40.9 Å². The molecule has 9 heteroatoms. The number of ether oxygens (including phenoxy) is 2.